The first-order chi connectivity index (χ1) is 7.68. The van der Waals surface area contributed by atoms with Crippen molar-refractivity contribution < 1.29 is 14.3 Å². The molecule has 0 aliphatic carbocycles. The Kier molecular flexibility index (Phi) is 4.90. The van der Waals surface area contributed by atoms with Crippen LogP contribution in [-0.4, -0.2) is 23.7 Å². The van der Waals surface area contributed by atoms with Crippen molar-refractivity contribution in [1.29, 1.82) is 0 Å². The highest BCUT2D eigenvalue weighted by Gasteiger charge is 2.28. The monoisotopic (exact) mass is 259 g/mol. The maximum absolute atomic E-state index is 13.5. The van der Waals surface area contributed by atoms with Gasteiger partial charge < -0.3 is 10.4 Å². The number of benzene rings is 1. The fourth-order valence-electron chi connectivity index (χ4n) is 2.19. The molecule has 1 aromatic rings. The molecule has 2 atom stereocenters. The van der Waals surface area contributed by atoms with Gasteiger partial charge in [0.15, 0.2) is 0 Å². The molecule has 1 fully saturated rings. The van der Waals surface area contributed by atoms with E-state index in [1.165, 1.54) is 6.07 Å². The number of nitrogens with one attached hydrogen (secondary N) is 1. The minimum absolute atomic E-state index is 0. The Balaban J connectivity index is 0.00000144. The molecule has 2 N–H and O–H groups in total. The van der Waals surface area contributed by atoms with E-state index in [-0.39, 0.29) is 24.1 Å². The van der Waals surface area contributed by atoms with Crippen molar-refractivity contribution in [2.24, 2.45) is 0 Å². The second-order valence-electron chi connectivity index (χ2n) is 4.09. The first-order valence-corrected chi connectivity index (χ1v) is 5.39. The summed E-state index contributed by atoms with van der Waals surface area (Å²) in [4.78, 5) is 10.9. The summed E-state index contributed by atoms with van der Waals surface area (Å²) in [5.41, 5.74) is 0.634. The number of rotatable bonds is 2. The van der Waals surface area contributed by atoms with Gasteiger partial charge in [-0.3, -0.25) is 4.79 Å². The molecule has 1 heterocycles. The van der Waals surface area contributed by atoms with Gasteiger partial charge in [0.1, 0.15) is 11.9 Å². The molecule has 0 aromatic heterocycles. The van der Waals surface area contributed by atoms with Crippen LogP contribution in [0.15, 0.2) is 24.3 Å². The van der Waals surface area contributed by atoms with Gasteiger partial charge in [0.2, 0.25) is 0 Å². The summed E-state index contributed by atoms with van der Waals surface area (Å²) in [5.74, 6) is -1.09. The zero-order valence-corrected chi connectivity index (χ0v) is 10.0. The van der Waals surface area contributed by atoms with Gasteiger partial charge in [-0.1, -0.05) is 18.2 Å². The van der Waals surface area contributed by atoms with E-state index >= 15 is 0 Å². The lowest BCUT2D eigenvalue weighted by Crippen LogP contribution is -2.42. The zero-order valence-electron chi connectivity index (χ0n) is 9.23. The molecule has 0 saturated carbocycles. The molecule has 1 saturated heterocycles. The van der Waals surface area contributed by atoms with E-state index in [0.29, 0.717) is 18.5 Å². The molecular weight excluding hydrogens is 245 g/mol. The van der Waals surface area contributed by atoms with Crippen molar-refractivity contribution in [2.45, 2.75) is 24.8 Å². The van der Waals surface area contributed by atoms with Crippen LogP contribution < -0.4 is 5.32 Å². The van der Waals surface area contributed by atoms with Gasteiger partial charge >= 0.3 is 5.97 Å². The summed E-state index contributed by atoms with van der Waals surface area (Å²) in [7, 11) is 0. The fraction of sp³-hybridized carbons (Fsp3) is 0.417. The summed E-state index contributed by atoms with van der Waals surface area (Å²) in [6.45, 7) is 0.621. The molecule has 0 amide bonds. The molecule has 1 aliphatic rings. The molecule has 0 spiro atoms. The number of aliphatic carboxylic acids is 1. The lowest BCUT2D eigenvalue weighted by Gasteiger charge is -2.28. The molecule has 5 heteroatoms. The molecule has 17 heavy (non-hydrogen) atoms. The van der Waals surface area contributed by atoms with Crippen LogP contribution in [0.4, 0.5) is 4.39 Å². The highest BCUT2D eigenvalue weighted by Crippen LogP contribution is 2.29. The van der Waals surface area contributed by atoms with Gasteiger partial charge in [-0.15, -0.1) is 12.4 Å². The molecular formula is C12H15ClFNO2. The maximum Gasteiger partial charge on any atom is 0.320 e. The van der Waals surface area contributed by atoms with E-state index in [9.17, 15) is 9.18 Å². The van der Waals surface area contributed by atoms with E-state index in [1.54, 1.807) is 18.2 Å². The smallest absolute Gasteiger partial charge is 0.320 e. The number of carboxylic acid groups (broad SMARTS) is 1. The second-order valence-corrected chi connectivity index (χ2v) is 4.09. The van der Waals surface area contributed by atoms with Crippen LogP contribution in [-0.2, 0) is 4.79 Å². The van der Waals surface area contributed by atoms with Crippen LogP contribution in [0.1, 0.15) is 24.3 Å². The molecule has 3 nitrogen and oxygen atoms in total. The van der Waals surface area contributed by atoms with Crippen LogP contribution >= 0.6 is 12.4 Å². The highest BCUT2D eigenvalue weighted by molar-refractivity contribution is 5.85. The number of halogens is 2. The summed E-state index contributed by atoms with van der Waals surface area (Å²) >= 11 is 0. The Bertz CT molecular complexity index is 400. The van der Waals surface area contributed by atoms with E-state index in [0.717, 1.165) is 6.42 Å². The van der Waals surface area contributed by atoms with Gasteiger partial charge in [0, 0.05) is 0 Å². The Morgan fingerprint density at radius 2 is 2.12 bits per heavy atom. The Morgan fingerprint density at radius 1 is 1.41 bits per heavy atom. The maximum atomic E-state index is 13.5. The SMILES string of the molecule is Cl.O=C(O)C1CC(c2ccccc2F)CCN1. The molecule has 1 aliphatic heterocycles. The van der Waals surface area contributed by atoms with Crippen LogP contribution in [0.3, 0.4) is 0 Å². The van der Waals surface area contributed by atoms with Gasteiger partial charge in [0.05, 0.1) is 0 Å². The minimum Gasteiger partial charge on any atom is -0.480 e. The van der Waals surface area contributed by atoms with Crippen molar-refractivity contribution in [3.8, 4) is 0 Å². The normalized spacial score (nSPS) is 23.8. The van der Waals surface area contributed by atoms with Crippen LogP contribution in [0.2, 0.25) is 0 Å². The number of hydrogen-bond donors (Lipinski definition) is 2. The van der Waals surface area contributed by atoms with Crippen molar-refractivity contribution in [3.05, 3.63) is 35.6 Å². The Labute approximate surface area is 105 Å². The Morgan fingerprint density at radius 3 is 2.76 bits per heavy atom. The number of piperidine rings is 1. The fourth-order valence-corrected chi connectivity index (χ4v) is 2.19. The van der Waals surface area contributed by atoms with E-state index in [4.69, 9.17) is 5.11 Å². The average molecular weight is 260 g/mol. The van der Waals surface area contributed by atoms with Gasteiger partial charge in [-0.2, -0.15) is 0 Å². The summed E-state index contributed by atoms with van der Waals surface area (Å²) in [6.07, 6.45) is 1.24. The van der Waals surface area contributed by atoms with Crippen molar-refractivity contribution in [2.75, 3.05) is 6.54 Å². The molecule has 1 aromatic carbocycles. The standard InChI is InChI=1S/C12H14FNO2.ClH/c13-10-4-2-1-3-9(10)8-5-6-14-11(7-8)12(15)16;/h1-4,8,11,14H,5-7H2,(H,15,16);1H. The topological polar surface area (TPSA) is 49.3 Å². The van der Waals surface area contributed by atoms with Gasteiger partial charge in [-0.25, -0.2) is 4.39 Å². The van der Waals surface area contributed by atoms with Crippen LogP contribution in [0.25, 0.3) is 0 Å². The summed E-state index contributed by atoms with van der Waals surface area (Å²) in [6, 6.07) is 6.04. The van der Waals surface area contributed by atoms with Crippen molar-refractivity contribution in [1.82, 2.24) is 5.32 Å². The van der Waals surface area contributed by atoms with Gasteiger partial charge in [-0.05, 0) is 36.9 Å². The molecule has 94 valence electrons. The predicted octanol–water partition coefficient (Wildman–Crippen LogP) is 2.17. The third-order valence-corrected chi connectivity index (χ3v) is 3.05. The summed E-state index contributed by atoms with van der Waals surface area (Å²) < 4.78 is 13.5. The first kappa shape index (κ1) is 13.9. The highest BCUT2D eigenvalue weighted by atomic mass is 35.5. The molecule has 2 unspecified atom stereocenters. The van der Waals surface area contributed by atoms with Crippen LogP contribution in [0.5, 0.6) is 0 Å². The van der Waals surface area contributed by atoms with Crippen LogP contribution in [0, 0.1) is 5.82 Å². The quantitative estimate of drug-likeness (QED) is 0.856. The Hall–Kier alpha value is -1.13. The first-order valence-electron chi connectivity index (χ1n) is 5.39. The third kappa shape index (κ3) is 3.17. The average Bonchev–Trinajstić information content (AvgIpc) is 2.30. The predicted molar refractivity (Wildman–Crippen MR) is 65.0 cm³/mol. The number of carbonyl (C=O) groups is 1. The minimum atomic E-state index is -0.860. The number of hydrogen-bond acceptors (Lipinski definition) is 2. The number of carboxylic acids is 1. The van der Waals surface area contributed by atoms with E-state index in [1.807, 2.05) is 0 Å². The summed E-state index contributed by atoms with van der Waals surface area (Å²) in [5, 5.41) is 11.8. The largest absolute Gasteiger partial charge is 0.480 e. The lowest BCUT2D eigenvalue weighted by molar-refractivity contribution is -0.140. The molecule has 2 rings (SSSR count). The van der Waals surface area contributed by atoms with Crippen molar-refractivity contribution in [3.63, 3.8) is 0 Å². The lowest BCUT2D eigenvalue weighted by atomic mass is 9.86. The third-order valence-electron chi connectivity index (χ3n) is 3.05. The van der Waals surface area contributed by atoms with Crippen molar-refractivity contribution >= 4 is 18.4 Å². The zero-order chi connectivity index (χ0) is 11.5. The second kappa shape index (κ2) is 5.98. The van der Waals surface area contributed by atoms with E-state index < -0.39 is 12.0 Å². The molecule has 0 bridgehead atoms. The van der Waals surface area contributed by atoms with E-state index in [2.05, 4.69) is 5.32 Å². The molecule has 0 radical (unpaired) electrons. The van der Waals surface area contributed by atoms with Gasteiger partial charge in [0.25, 0.3) is 0 Å².